The Labute approximate surface area is 153 Å². The number of nitrogens with zero attached hydrogens (tertiary/aromatic N) is 1. The van der Waals surface area contributed by atoms with Gasteiger partial charge in [-0.25, -0.2) is 4.98 Å². The molecule has 1 N–H and O–H groups in total. The number of hydrogen-bond donors (Lipinski definition) is 1. The van der Waals surface area contributed by atoms with Crippen LogP contribution in [0.2, 0.25) is 0 Å². The number of benzene rings is 1. The van der Waals surface area contributed by atoms with Crippen molar-refractivity contribution in [1.82, 2.24) is 10.3 Å². The number of hydrogen-bond acceptors (Lipinski definition) is 6. The Bertz CT molecular complexity index is 903. The van der Waals surface area contributed by atoms with Crippen molar-refractivity contribution in [3.05, 3.63) is 51.2 Å². The van der Waals surface area contributed by atoms with Crippen LogP contribution in [0.1, 0.15) is 20.9 Å². The highest BCUT2D eigenvalue weighted by Crippen LogP contribution is 2.31. The Hall–Kier alpha value is -2.38. The van der Waals surface area contributed by atoms with Crippen molar-refractivity contribution in [1.29, 1.82) is 0 Å². The summed E-state index contributed by atoms with van der Waals surface area (Å²) in [4.78, 5) is 17.7. The molecule has 0 saturated carbocycles. The molecule has 0 bridgehead atoms. The molecule has 1 amide bonds. The van der Waals surface area contributed by atoms with Gasteiger partial charge in [0.2, 0.25) is 0 Å². The van der Waals surface area contributed by atoms with E-state index in [1.165, 1.54) is 11.3 Å². The number of aromatic nitrogens is 1. The highest BCUT2D eigenvalue weighted by atomic mass is 32.1. The van der Waals surface area contributed by atoms with Gasteiger partial charge in [0.05, 0.1) is 5.69 Å². The maximum Gasteiger partial charge on any atom is 0.263 e. The van der Waals surface area contributed by atoms with E-state index in [2.05, 4.69) is 10.3 Å². The van der Waals surface area contributed by atoms with E-state index in [1.807, 2.05) is 41.9 Å². The minimum atomic E-state index is -0.105. The number of thiophene rings is 1. The fraction of sp³-hybridized carbons (Fsp3) is 0.222. The fourth-order valence-corrected chi connectivity index (χ4v) is 4.27. The van der Waals surface area contributed by atoms with E-state index in [9.17, 15) is 4.79 Å². The van der Waals surface area contributed by atoms with E-state index in [1.54, 1.807) is 11.3 Å². The van der Waals surface area contributed by atoms with Crippen LogP contribution in [0.25, 0.3) is 10.6 Å². The predicted octanol–water partition coefficient (Wildman–Crippen LogP) is 3.88. The highest BCUT2D eigenvalue weighted by Gasteiger charge is 2.17. The van der Waals surface area contributed by atoms with Crippen molar-refractivity contribution < 1.29 is 14.3 Å². The summed E-state index contributed by atoms with van der Waals surface area (Å²) in [6.07, 6.45) is 0. The number of amides is 1. The Balaban J connectivity index is 1.46. The zero-order valence-corrected chi connectivity index (χ0v) is 15.2. The average molecular weight is 372 g/mol. The molecule has 2 aromatic heterocycles. The second-order valence-electron chi connectivity index (χ2n) is 5.61. The second kappa shape index (κ2) is 6.85. The topological polar surface area (TPSA) is 60.5 Å². The Kier molecular flexibility index (Phi) is 4.42. The lowest BCUT2D eigenvalue weighted by Crippen LogP contribution is -2.23. The van der Waals surface area contributed by atoms with Gasteiger partial charge in [-0.3, -0.25) is 4.79 Å². The van der Waals surface area contributed by atoms with E-state index in [0.717, 1.165) is 33.3 Å². The first-order valence-corrected chi connectivity index (χ1v) is 9.63. The molecule has 3 heterocycles. The van der Waals surface area contributed by atoms with Crippen molar-refractivity contribution in [2.75, 3.05) is 13.2 Å². The quantitative estimate of drug-likeness (QED) is 0.755. The largest absolute Gasteiger partial charge is 0.486 e. The van der Waals surface area contributed by atoms with Gasteiger partial charge in [-0.15, -0.1) is 11.3 Å². The average Bonchev–Trinajstić information content (AvgIpc) is 3.29. The first kappa shape index (κ1) is 16.1. The smallest absolute Gasteiger partial charge is 0.263 e. The number of thiazole rings is 1. The van der Waals surface area contributed by atoms with Crippen LogP contribution in [0.3, 0.4) is 0 Å². The van der Waals surface area contributed by atoms with E-state index in [4.69, 9.17) is 9.47 Å². The van der Waals surface area contributed by atoms with Gasteiger partial charge in [0, 0.05) is 17.5 Å². The van der Waals surface area contributed by atoms with Crippen LogP contribution in [0.15, 0.2) is 35.0 Å². The molecule has 0 saturated heterocycles. The van der Waals surface area contributed by atoms with Gasteiger partial charge in [-0.1, -0.05) is 6.07 Å². The maximum atomic E-state index is 12.5. The summed E-state index contributed by atoms with van der Waals surface area (Å²) in [5.41, 5.74) is 2.78. The molecule has 0 atom stereocenters. The Morgan fingerprint density at radius 1 is 1.24 bits per heavy atom. The van der Waals surface area contributed by atoms with Gasteiger partial charge in [0.25, 0.3) is 5.91 Å². The van der Waals surface area contributed by atoms with Crippen LogP contribution >= 0.6 is 22.7 Å². The molecule has 1 aliphatic heterocycles. The summed E-state index contributed by atoms with van der Waals surface area (Å²) in [6, 6.07) is 7.73. The third-order valence-electron chi connectivity index (χ3n) is 3.83. The van der Waals surface area contributed by atoms with Gasteiger partial charge in [-0.2, -0.15) is 11.3 Å². The molecule has 7 heteroatoms. The number of carbonyl (C=O) groups excluding carboxylic acids is 1. The van der Waals surface area contributed by atoms with Crippen LogP contribution in [0.4, 0.5) is 0 Å². The molecule has 0 spiro atoms. The van der Waals surface area contributed by atoms with Gasteiger partial charge < -0.3 is 14.8 Å². The lowest BCUT2D eigenvalue weighted by Gasteiger charge is -2.18. The molecule has 0 fully saturated rings. The third kappa shape index (κ3) is 3.38. The monoisotopic (exact) mass is 372 g/mol. The molecule has 5 nitrogen and oxygen atoms in total. The molecule has 3 aromatic rings. The molecule has 0 radical (unpaired) electrons. The first-order valence-electron chi connectivity index (χ1n) is 7.87. The number of nitrogens with one attached hydrogen (secondary N) is 1. The Morgan fingerprint density at radius 3 is 2.88 bits per heavy atom. The molecule has 0 aliphatic carbocycles. The van der Waals surface area contributed by atoms with Crippen LogP contribution in [0, 0.1) is 6.92 Å². The minimum absolute atomic E-state index is 0.105. The predicted molar refractivity (Wildman–Crippen MR) is 98.8 cm³/mol. The number of ether oxygens (including phenoxy) is 2. The van der Waals surface area contributed by atoms with E-state index in [0.29, 0.717) is 24.6 Å². The van der Waals surface area contributed by atoms with E-state index < -0.39 is 0 Å². The summed E-state index contributed by atoms with van der Waals surface area (Å²) >= 11 is 3.04. The van der Waals surface area contributed by atoms with Gasteiger partial charge >= 0.3 is 0 Å². The normalized spacial score (nSPS) is 12.8. The van der Waals surface area contributed by atoms with Crippen molar-refractivity contribution >= 4 is 28.6 Å². The standard InChI is InChI=1S/C18H16N2O3S2/c1-11-16(25-18(20-11)13-4-7-24-10-13)17(21)19-9-12-2-3-14-15(8-12)23-6-5-22-14/h2-4,7-8,10H,5-6,9H2,1H3,(H,19,21). The molecule has 1 aliphatic rings. The van der Waals surface area contributed by atoms with Gasteiger partial charge in [-0.05, 0) is 36.1 Å². The zero-order chi connectivity index (χ0) is 17.2. The third-order valence-corrected chi connectivity index (χ3v) is 5.72. The summed E-state index contributed by atoms with van der Waals surface area (Å²) in [5, 5.41) is 7.88. The zero-order valence-electron chi connectivity index (χ0n) is 13.6. The number of carbonyl (C=O) groups is 1. The number of fused-ring (bicyclic) bond motifs is 1. The lowest BCUT2D eigenvalue weighted by molar-refractivity contribution is 0.0954. The molecule has 4 rings (SSSR count). The molecule has 25 heavy (non-hydrogen) atoms. The van der Waals surface area contributed by atoms with Crippen molar-refractivity contribution in [2.45, 2.75) is 13.5 Å². The second-order valence-corrected chi connectivity index (χ2v) is 7.39. The molecular formula is C18H16N2O3S2. The van der Waals surface area contributed by atoms with Crippen LogP contribution in [-0.2, 0) is 6.54 Å². The van der Waals surface area contributed by atoms with Gasteiger partial charge in [0.1, 0.15) is 23.1 Å². The Morgan fingerprint density at radius 2 is 2.08 bits per heavy atom. The van der Waals surface area contributed by atoms with Crippen molar-refractivity contribution in [3.63, 3.8) is 0 Å². The molecule has 1 aromatic carbocycles. The SMILES string of the molecule is Cc1nc(-c2ccsc2)sc1C(=O)NCc1ccc2c(c1)OCCO2. The minimum Gasteiger partial charge on any atom is -0.486 e. The van der Waals surface area contributed by atoms with E-state index >= 15 is 0 Å². The lowest BCUT2D eigenvalue weighted by atomic mass is 10.2. The summed E-state index contributed by atoms with van der Waals surface area (Å²) in [7, 11) is 0. The van der Waals surface area contributed by atoms with Crippen molar-refractivity contribution in [3.8, 4) is 22.1 Å². The van der Waals surface area contributed by atoms with Gasteiger partial charge in [0.15, 0.2) is 11.5 Å². The summed E-state index contributed by atoms with van der Waals surface area (Å²) < 4.78 is 11.1. The number of aryl methyl sites for hydroxylation is 1. The highest BCUT2D eigenvalue weighted by molar-refractivity contribution is 7.17. The number of rotatable bonds is 4. The maximum absolute atomic E-state index is 12.5. The molecule has 128 valence electrons. The van der Waals surface area contributed by atoms with Crippen LogP contribution < -0.4 is 14.8 Å². The summed E-state index contributed by atoms with van der Waals surface area (Å²) in [6.45, 7) is 3.42. The first-order chi connectivity index (χ1) is 12.2. The fourth-order valence-electron chi connectivity index (χ4n) is 2.58. The van der Waals surface area contributed by atoms with Crippen LogP contribution in [-0.4, -0.2) is 24.1 Å². The van der Waals surface area contributed by atoms with Crippen LogP contribution in [0.5, 0.6) is 11.5 Å². The summed E-state index contributed by atoms with van der Waals surface area (Å²) in [5.74, 6) is 1.37. The van der Waals surface area contributed by atoms with E-state index in [-0.39, 0.29) is 5.91 Å². The van der Waals surface area contributed by atoms with Crippen molar-refractivity contribution in [2.24, 2.45) is 0 Å². The molecule has 0 unspecified atom stereocenters. The molecular weight excluding hydrogens is 356 g/mol.